The minimum Gasteiger partial charge on any atom is -0.358 e. The Kier molecular flexibility index (Phi) is 2.68. The lowest BCUT2D eigenvalue weighted by Crippen LogP contribution is -2.04. The summed E-state index contributed by atoms with van der Waals surface area (Å²) in [4.78, 5) is 3.42. The summed E-state index contributed by atoms with van der Waals surface area (Å²) in [5, 5.41) is 8.66. The van der Waals surface area contributed by atoms with Crippen LogP contribution in [0.5, 0.6) is 0 Å². The molecule has 19 heavy (non-hydrogen) atoms. The molecule has 0 aliphatic carbocycles. The molecule has 0 fully saturated rings. The van der Waals surface area contributed by atoms with Crippen molar-refractivity contribution in [2.24, 2.45) is 5.73 Å². The van der Waals surface area contributed by atoms with Gasteiger partial charge in [0.05, 0.1) is 11.4 Å². The molecule has 4 heteroatoms. The lowest BCUT2D eigenvalue weighted by atomic mass is 10.0. The van der Waals surface area contributed by atoms with E-state index in [4.69, 9.17) is 5.73 Å². The van der Waals surface area contributed by atoms with E-state index in [1.165, 1.54) is 10.9 Å². The fraction of sp³-hybridized carbons (Fsp3) is 0.267. The zero-order valence-corrected chi connectivity index (χ0v) is 11.4. The number of aryl methyl sites for hydroxylation is 2. The number of nitrogens with zero attached hydrogens (tertiary/aromatic N) is 1. The predicted molar refractivity (Wildman–Crippen MR) is 78.0 cm³/mol. The Morgan fingerprint density at radius 2 is 2.05 bits per heavy atom. The van der Waals surface area contributed by atoms with E-state index in [2.05, 4.69) is 47.2 Å². The largest absolute Gasteiger partial charge is 0.358 e. The van der Waals surface area contributed by atoms with E-state index >= 15 is 0 Å². The summed E-state index contributed by atoms with van der Waals surface area (Å²) in [6.45, 7) is 6.15. The molecule has 0 unspecified atom stereocenters. The first-order valence-electron chi connectivity index (χ1n) is 6.47. The quantitative estimate of drug-likeness (QED) is 0.657. The Labute approximate surface area is 112 Å². The Hall–Kier alpha value is -2.07. The van der Waals surface area contributed by atoms with Gasteiger partial charge in [-0.15, -0.1) is 0 Å². The highest BCUT2D eigenvalue weighted by Crippen LogP contribution is 2.33. The van der Waals surface area contributed by atoms with Crippen LogP contribution in [0.1, 0.15) is 29.9 Å². The molecule has 1 atom stereocenters. The van der Waals surface area contributed by atoms with Gasteiger partial charge in [0, 0.05) is 28.2 Å². The highest BCUT2D eigenvalue weighted by atomic mass is 15.1. The monoisotopic (exact) mass is 254 g/mol. The number of hydrogen-bond acceptors (Lipinski definition) is 2. The average Bonchev–Trinajstić information content (AvgIpc) is 2.93. The molecule has 2 aromatic heterocycles. The van der Waals surface area contributed by atoms with E-state index in [0.717, 1.165) is 28.2 Å². The molecule has 3 rings (SSSR count). The summed E-state index contributed by atoms with van der Waals surface area (Å²) in [6.07, 6.45) is 0. The lowest BCUT2D eigenvalue weighted by Gasteiger charge is -2.00. The van der Waals surface area contributed by atoms with Crippen LogP contribution in [0, 0.1) is 13.8 Å². The highest BCUT2D eigenvalue weighted by molar-refractivity contribution is 5.98. The fourth-order valence-corrected chi connectivity index (χ4v) is 2.57. The normalized spacial score (nSPS) is 13.1. The first kappa shape index (κ1) is 12.0. The smallest absolute Gasteiger partial charge is 0.0948 e. The number of fused-ring (bicyclic) bond motifs is 1. The van der Waals surface area contributed by atoms with Crippen LogP contribution in [-0.2, 0) is 0 Å². The van der Waals surface area contributed by atoms with Crippen LogP contribution in [0.3, 0.4) is 0 Å². The van der Waals surface area contributed by atoms with Crippen molar-refractivity contribution in [3.8, 4) is 11.3 Å². The maximum absolute atomic E-state index is 5.88. The zero-order chi connectivity index (χ0) is 13.6. The van der Waals surface area contributed by atoms with E-state index in [-0.39, 0.29) is 6.04 Å². The lowest BCUT2D eigenvalue weighted by molar-refractivity contribution is 0.772. The van der Waals surface area contributed by atoms with Crippen LogP contribution in [0.15, 0.2) is 24.3 Å². The Morgan fingerprint density at radius 1 is 1.26 bits per heavy atom. The van der Waals surface area contributed by atoms with E-state index in [1.54, 1.807) is 0 Å². The van der Waals surface area contributed by atoms with Crippen LogP contribution in [-0.4, -0.2) is 15.2 Å². The third-order valence-electron chi connectivity index (χ3n) is 3.56. The third kappa shape index (κ3) is 1.85. The summed E-state index contributed by atoms with van der Waals surface area (Å²) in [7, 11) is 0. The van der Waals surface area contributed by atoms with Gasteiger partial charge in [0.1, 0.15) is 0 Å². The number of rotatable bonds is 2. The van der Waals surface area contributed by atoms with Crippen molar-refractivity contribution < 1.29 is 0 Å². The van der Waals surface area contributed by atoms with Crippen molar-refractivity contribution in [3.05, 3.63) is 41.2 Å². The number of nitrogens with two attached hydrogens (primary N) is 1. The molecule has 0 amide bonds. The molecule has 3 aromatic rings. The zero-order valence-electron chi connectivity index (χ0n) is 11.4. The minimum absolute atomic E-state index is 0.0344. The van der Waals surface area contributed by atoms with Crippen LogP contribution in [0.4, 0.5) is 0 Å². The summed E-state index contributed by atoms with van der Waals surface area (Å²) in [5.41, 5.74) is 12.5. The van der Waals surface area contributed by atoms with Crippen molar-refractivity contribution in [1.29, 1.82) is 0 Å². The van der Waals surface area contributed by atoms with Gasteiger partial charge in [-0.2, -0.15) is 5.10 Å². The van der Waals surface area contributed by atoms with Gasteiger partial charge >= 0.3 is 0 Å². The Balaban J connectivity index is 2.26. The molecule has 0 saturated heterocycles. The molecule has 0 saturated carbocycles. The van der Waals surface area contributed by atoms with E-state index < -0.39 is 0 Å². The summed E-state index contributed by atoms with van der Waals surface area (Å²) in [5.74, 6) is 0. The third-order valence-corrected chi connectivity index (χ3v) is 3.56. The van der Waals surface area contributed by atoms with Crippen molar-refractivity contribution >= 4 is 10.9 Å². The number of aromatic amines is 2. The van der Waals surface area contributed by atoms with Gasteiger partial charge in [-0.05, 0) is 38.5 Å². The van der Waals surface area contributed by atoms with E-state index in [1.807, 2.05) is 13.0 Å². The molecule has 0 spiro atoms. The number of H-pyrrole nitrogens is 2. The summed E-state index contributed by atoms with van der Waals surface area (Å²) in [6, 6.07) is 8.28. The van der Waals surface area contributed by atoms with E-state index in [0.29, 0.717) is 0 Å². The Bertz CT molecular complexity index is 734. The van der Waals surface area contributed by atoms with Gasteiger partial charge in [-0.3, -0.25) is 5.10 Å². The minimum atomic E-state index is -0.0344. The van der Waals surface area contributed by atoms with Crippen LogP contribution < -0.4 is 5.73 Å². The van der Waals surface area contributed by atoms with Crippen LogP contribution in [0.25, 0.3) is 22.2 Å². The highest BCUT2D eigenvalue weighted by Gasteiger charge is 2.15. The summed E-state index contributed by atoms with van der Waals surface area (Å²) < 4.78 is 0. The van der Waals surface area contributed by atoms with Gasteiger partial charge in [0.15, 0.2) is 0 Å². The number of aromatic nitrogens is 3. The summed E-state index contributed by atoms with van der Waals surface area (Å²) >= 11 is 0. The van der Waals surface area contributed by atoms with Gasteiger partial charge in [-0.1, -0.05) is 12.1 Å². The molecule has 1 aromatic carbocycles. The van der Waals surface area contributed by atoms with Crippen LogP contribution in [0.2, 0.25) is 0 Å². The van der Waals surface area contributed by atoms with Gasteiger partial charge in [0.25, 0.3) is 0 Å². The average molecular weight is 254 g/mol. The maximum atomic E-state index is 5.88. The second-order valence-electron chi connectivity index (χ2n) is 5.12. The molecule has 4 nitrogen and oxygen atoms in total. The van der Waals surface area contributed by atoms with Crippen molar-refractivity contribution in [1.82, 2.24) is 15.2 Å². The van der Waals surface area contributed by atoms with E-state index in [9.17, 15) is 0 Å². The first-order chi connectivity index (χ1) is 9.08. The van der Waals surface area contributed by atoms with Gasteiger partial charge in [-0.25, -0.2) is 0 Å². The number of hydrogen-bond donors (Lipinski definition) is 3. The van der Waals surface area contributed by atoms with Crippen LogP contribution >= 0.6 is 0 Å². The fourth-order valence-electron chi connectivity index (χ4n) is 2.57. The molecule has 2 heterocycles. The SMILES string of the molecule is Cc1[nH]c2cccc(C)c2c1-c1cc([C@H](C)N)[nH]n1. The first-order valence-corrected chi connectivity index (χ1v) is 6.47. The number of benzene rings is 1. The number of nitrogens with one attached hydrogen (secondary N) is 2. The second-order valence-corrected chi connectivity index (χ2v) is 5.12. The molecular weight excluding hydrogens is 236 g/mol. The van der Waals surface area contributed by atoms with Crippen molar-refractivity contribution in [2.45, 2.75) is 26.8 Å². The Morgan fingerprint density at radius 3 is 2.74 bits per heavy atom. The van der Waals surface area contributed by atoms with Gasteiger partial charge in [0.2, 0.25) is 0 Å². The topological polar surface area (TPSA) is 70.5 Å². The predicted octanol–water partition coefficient (Wildman–Crippen LogP) is 3.19. The molecule has 98 valence electrons. The van der Waals surface area contributed by atoms with Gasteiger partial charge < -0.3 is 10.7 Å². The molecule has 4 N–H and O–H groups in total. The molecular formula is C15H18N4. The molecule has 0 aliphatic heterocycles. The molecule has 0 bridgehead atoms. The molecule has 0 radical (unpaired) electrons. The van der Waals surface area contributed by atoms with Crippen molar-refractivity contribution in [2.75, 3.05) is 0 Å². The van der Waals surface area contributed by atoms with Crippen molar-refractivity contribution in [3.63, 3.8) is 0 Å². The standard InChI is InChI=1S/C15H18N4/c1-8-5-4-6-11-14(8)15(10(3)17-11)13-7-12(9(2)16)18-19-13/h4-7,9,17H,16H2,1-3H3,(H,18,19)/t9-/m0/s1. The second kappa shape index (κ2) is 4.24. The molecule has 0 aliphatic rings. The maximum Gasteiger partial charge on any atom is 0.0948 e.